The van der Waals surface area contributed by atoms with E-state index in [0.717, 1.165) is 17.7 Å². The molecule has 1 aromatic carbocycles. The highest BCUT2D eigenvalue weighted by Gasteiger charge is 2.19. The topological polar surface area (TPSA) is 20.2 Å². The van der Waals surface area contributed by atoms with Crippen molar-refractivity contribution < 1.29 is 9.50 Å². The summed E-state index contributed by atoms with van der Waals surface area (Å²) in [6, 6.07) is 7.07. The first-order valence-corrected chi connectivity index (χ1v) is 7.52. The molecule has 0 radical (unpaired) electrons. The van der Waals surface area contributed by atoms with E-state index in [1.807, 2.05) is 6.07 Å². The second-order valence-electron chi connectivity index (χ2n) is 5.22. The summed E-state index contributed by atoms with van der Waals surface area (Å²) in [6.07, 6.45) is 4.00. The zero-order chi connectivity index (χ0) is 13.4. The van der Waals surface area contributed by atoms with Gasteiger partial charge in [0.25, 0.3) is 0 Å². The van der Waals surface area contributed by atoms with Crippen molar-refractivity contribution in [3.63, 3.8) is 0 Å². The number of hydrogen-bond donors (Lipinski definition) is 1. The first kappa shape index (κ1) is 12.8. The second kappa shape index (κ2) is 5.06. The normalized spacial score (nSPS) is 16.2. The maximum absolute atomic E-state index is 13.6. The fraction of sp³-hybridized carbons (Fsp3) is 0.375. The minimum absolute atomic E-state index is 0.252. The van der Waals surface area contributed by atoms with Crippen molar-refractivity contribution in [2.24, 2.45) is 0 Å². The van der Waals surface area contributed by atoms with Gasteiger partial charge in [-0.25, -0.2) is 4.39 Å². The fourth-order valence-electron chi connectivity index (χ4n) is 2.59. The van der Waals surface area contributed by atoms with E-state index < -0.39 is 6.10 Å². The van der Waals surface area contributed by atoms with Gasteiger partial charge < -0.3 is 5.11 Å². The van der Waals surface area contributed by atoms with Gasteiger partial charge in [-0.15, -0.1) is 11.3 Å². The molecular weight excluding hydrogens is 259 g/mol. The molecule has 0 aliphatic heterocycles. The highest BCUT2D eigenvalue weighted by molar-refractivity contribution is 7.12. The van der Waals surface area contributed by atoms with Gasteiger partial charge in [0.05, 0.1) is 0 Å². The van der Waals surface area contributed by atoms with Crippen LogP contribution in [0.3, 0.4) is 0 Å². The smallest absolute Gasteiger partial charge is 0.126 e. The number of benzene rings is 1. The predicted octanol–water partition coefficient (Wildman–Crippen LogP) is 4.16. The van der Waals surface area contributed by atoms with E-state index in [1.165, 1.54) is 29.3 Å². The molecule has 3 heteroatoms. The zero-order valence-electron chi connectivity index (χ0n) is 10.9. The average molecular weight is 276 g/mol. The van der Waals surface area contributed by atoms with Gasteiger partial charge in [-0.3, -0.25) is 0 Å². The Kier molecular flexibility index (Phi) is 3.42. The monoisotopic (exact) mass is 276 g/mol. The number of aryl methyl sites for hydroxylation is 3. The van der Waals surface area contributed by atoms with E-state index in [2.05, 4.69) is 6.07 Å². The van der Waals surface area contributed by atoms with Crippen molar-refractivity contribution in [2.75, 3.05) is 0 Å². The Morgan fingerprint density at radius 3 is 2.74 bits per heavy atom. The van der Waals surface area contributed by atoms with Crippen LogP contribution in [-0.4, -0.2) is 5.11 Å². The molecule has 0 bridgehead atoms. The summed E-state index contributed by atoms with van der Waals surface area (Å²) in [5, 5.41) is 10.4. The lowest BCUT2D eigenvalue weighted by atomic mass is 9.98. The van der Waals surface area contributed by atoms with Crippen molar-refractivity contribution in [3.05, 3.63) is 56.5 Å². The van der Waals surface area contributed by atoms with Gasteiger partial charge in [0, 0.05) is 9.75 Å². The molecular formula is C16H17FOS. The van der Waals surface area contributed by atoms with Crippen LogP contribution in [-0.2, 0) is 12.8 Å². The number of hydrogen-bond acceptors (Lipinski definition) is 2. The molecule has 3 rings (SSSR count). The standard InChI is InChI=1S/C16H17FOS/c1-10-6-7-12(8-13(10)17)16(18)15-9-11-4-2-3-5-14(11)19-15/h6-9,16,18H,2-5H2,1H3. The zero-order valence-corrected chi connectivity index (χ0v) is 11.8. The van der Waals surface area contributed by atoms with Gasteiger partial charge in [-0.2, -0.15) is 0 Å². The minimum atomic E-state index is -0.703. The van der Waals surface area contributed by atoms with Crippen LogP contribution < -0.4 is 0 Å². The van der Waals surface area contributed by atoms with Crippen LogP contribution in [0.5, 0.6) is 0 Å². The summed E-state index contributed by atoms with van der Waals surface area (Å²) in [4.78, 5) is 2.34. The Bertz CT molecular complexity index is 579. The predicted molar refractivity (Wildman–Crippen MR) is 76.2 cm³/mol. The van der Waals surface area contributed by atoms with Crippen LogP contribution in [0.1, 0.15) is 45.4 Å². The van der Waals surface area contributed by atoms with E-state index in [1.54, 1.807) is 24.3 Å². The first-order valence-electron chi connectivity index (χ1n) is 6.71. The maximum Gasteiger partial charge on any atom is 0.126 e. The Balaban J connectivity index is 1.92. The van der Waals surface area contributed by atoms with Crippen LogP contribution in [0, 0.1) is 12.7 Å². The van der Waals surface area contributed by atoms with E-state index in [-0.39, 0.29) is 5.82 Å². The lowest BCUT2D eigenvalue weighted by Crippen LogP contribution is -1.98. The molecule has 0 amide bonds. The molecule has 19 heavy (non-hydrogen) atoms. The molecule has 1 aliphatic carbocycles. The highest BCUT2D eigenvalue weighted by atomic mass is 32.1. The lowest BCUT2D eigenvalue weighted by Gasteiger charge is -2.09. The number of fused-ring (bicyclic) bond motifs is 1. The second-order valence-corrected chi connectivity index (χ2v) is 6.38. The van der Waals surface area contributed by atoms with Crippen LogP contribution in [0.2, 0.25) is 0 Å². The van der Waals surface area contributed by atoms with Crippen molar-refractivity contribution >= 4 is 11.3 Å². The summed E-state index contributed by atoms with van der Waals surface area (Å²) in [6.45, 7) is 1.73. The van der Waals surface area contributed by atoms with E-state index in [4.69, 9.17) is 0 Å². The number of thiophene rings is 1. The third-order valence-corrected chi connectivity index (χ3v) is 5.09. The van der Waals surface area contributed by atoms with Crippen LogP contribution >= 0.6 is 11.3 Å². The number of aliphatic hydroxyl groups excluding tert-OH is 1. The van der Waals surface area contributed by atoms with Crippen molar-refractivity contribution in [1.82, 2.24) is 0 Å². The summed E-state index contributed by atoms with van der Waals surface area (Å²) < 4.78 is 13.6. The Morgan fingerprint density at radius 1 is 1.21 bits per heavy atom. The van der Waals surface area contributed by atoms with Crippen molar-refractivity contribution in [2.45, 2.75) is 38.7 Å². The molecule has 0 saturated carbocycles. The van der Waals surface area contributed by atoms with Crippen LogP contribution in [0.25, 0.3) is 0 Å². The van der Waals surface area contributed by atoms with Crippen LogP contribution in [0.15, 0.2) is 24.3 Å². The maximum atomic E-state index is 13.6. The number of rotatable bonds is 2. The molecule has 1 nitrogen and oxygen atoms in total. The summed E-state index contributed by atoms with van der Waals surface area (Å²) in [5.41, 5.74) is 2.63. The molecule has 2 aromatic rings. The molecule has 1 aliphatic rings. The SMILES string of the molecule is Cc1ccc(C(O)c2cc3c(s2)CCCC3)cc1F. The molecule has 1 unspecified atom stereocenters. The summed E-state index contributed by atoms with van der Waals surface area (Å²) >= 11 is 1.68. The molecule has 0 saturated heterocycles. The van der Waals surface area contributed by atoms with E-state index in [0.29, 0.717) is 11.1 Å². The molecule has 0 spiro atoms. The average Bonchev–Trinajstić information content (AvgIpc) is 2.85. The van der Waals surface area contributed by atoms with E-state index >= 15 is 0 Å². The van der Waals surface area contributed by atoms with Crippen molar-refractivity contribution in [3.8, 4) is 0 Å². The van der Waals surface area contributed by atoms with Crippen LogP contribution in [0.4, 0.5) is 4.39 Å². The Labute approximate surface area is 116 Å². The van der Waals surface area contributed by atoms with Gasteiger partial charge in [0.1, 0.15) is 11.9 Å². The Hall–Kier alpha value is -1.19. The summed E-state index contributed by atoms with van der Waals surface area (Å²) in [7, 11) is 0. The highest BCUT2D eigenvalue weighted by Crippen LogP contribution is 2.35. The van der Waals surface area contributed by atoms with Gasteiger partial charge in [0.2, 0.25) is 0 Å². The largest absolute Gasteiger partial charge is 0.383 e. The van der Waals surface area contributed by atoms with E-state index in [9.17, 15) is 9.50 Å². The van der Waals surface area contributed by atoms with Gasteiger partial charge >= 0.3 is 0 Å². The van der Waals surface area contributed by atoms with Crippen molar-refractivity contribution in [1.29, 1.82) is 0 Å². The molecule has 1 heterocycles. The summed E-state index contributed by atoms with van der Waals surface area (Å²) in [5.74, 6) is -0.252. The van der Waals surface area contributed by atoms with Gasteiger partial charge in [-0.1, -0.05) is 12.1 Å². The minimum Gasteiger partial charge on any atom is -0.383 e. The van der Waals surface area contributed by atoms with Gasteiger partial charge in [-0.05, 0) is 61.4 Å². The number of aliphatic hydroxyl groups is 1. The molecule has 1 N–H and O–H groups in total. The molecule has 1 aromatic heterocycles. The molecule has 100 valence electrons. The Morgan fingerprint density at radius 2 is 2.00 bits per heavy atom. The number of halogens is 1. The molecule has 1 atom stereocenters. The quantitative estimate of drug-likeness (QED) is 0.873. The third kappa shape index (κ3) is 2.45. The molecule has 0 fully saturated rings. The first-order chi connectivity index (χ1) is 9.15. The fourth-order valence-corrected chi connectivity index (χ4v) is 3.86. The third-order valence-electron chi connectivity index (χ3n) is 3.80. The van der Waals surface area contributed by atoms with Gasteiger partial charge in [0.15, 0.2) is 0 Å². The lowest BCUT2D eigenvalue weighted by molar-refractivity contribution is 0.223.